The largest absolute Gasteiger partial charge is 0.495 e. The van der Waals surface area contributed by atoms with Crippen molar-refractivity contribution in [2.24, 2.45) is 0 Å². The van der Waals surface area contributed by atoms with Crippen LogP contribution in [-0.4, -0.2) is 23.0 Å². The van der Waals surface area contributed by atoms with Gasteiger partial charge in [-0.25, -0.2) is 9.97 Å². The van der Waals surface area contributed by atoms with Crippen LogP contribution in [0.2, 0.25) is 10.0 Å². The molecule has 3 aromatic rings. The summed E-state index contributed by atoms with van der Waals surface area (Å²) in [6.45, 7) is 0. The minimum atomic E-state index is -0.431. The molecule has 132 valence electrons. The van der Waals surface area contributed by atoms with Crippen LogP contribution in [0.25, 0.3) is 0 Å². The summed E-state index contributed by atoms with van der Waals surface area (Å²) in [5.41, 5.74) is 1.30. The highest BCUT2D eigenvalue weighted by atomic mass is 35.5. The monoisotopic (exact) mass is 388 g/mol. The maximum Gasteiger partial charge on any atom is 0.274 e. The topological polar surface area (TPSA) is 76.1 Å². The Balaban J connectivity index is 1.80. The zero-order chi connectivity index (χ0) is 18.5. The summed E-state index contributed by atoms with van der Waals surface area (Å²) in [4.78, 5) is 20.6. The standard InChI is InChI=1S/C18H14Cl2N4O2/c1-26-15-8-3-2-6-12(15)23-16-9-14(21-10-22-16)18(25)24-13-7-4-5-11(19)17(13)20/h2-10H,1H3,(H,24,25)(H,21,22,23). The van der Waals surface area contributed by atoms with E-state index in [0.717, 1.165) is 5.69 Å². The quantitative estimate of drug-likeness (QED) is 0.656. The Morgan fingerprint density at radius 1 is 1.04 bits per heavy atom. The van der Waals surface area contributed by atoms with Gasteiger partial charge in [-0.05, 0) is 24.3 Å². The van der Waals surface area contributed by atoms with Crippen molar-refractivity contribution in [1.82, 2.24) is 9.97 Å². The van der Waals surface area contributed by atoms with E-state index in [1.54, 1.807) is 25.3 Å². The van der Waals surface area contributed by atoms with Gasteiger partial charge in [0.25, 0.3) is 5.91 Å². The molecule has 0 saturated heterocycles. The van der Waals surface area contributed by atoms with Crippen molar-refractivity contribution < 1.29 is 9.53 Å². The predicted molar refractivity (Wildman–Crippen MR) is 103 cm³/mol. The Morgan fingerprint density at radius 2 is 1.81 bits per heavy atom. The normalized spacial score (nSPS) is 10.3. The Labute approximate surface area is 160 Å². The molecule has 0 radical (unpaired) electrons. The van der Waals surface area contributed by atoms with Gasteiger partial charge in [0.2, 0.25) is 0 Å². The molecule has 0 aliphatic heterocycles. The number of halogens is 2. The van der Waals surface area contributed by atoms with Gasteiger partial charge < -0.3 is 15.4 Å². The van der Waals surface area contributed by atoms with Crippen LogP contribution in [0.4, 0.5) is 17.2 Å². The van der Waals surface area contributed by atoms with Gasteiger partial charge in [-0.3, -0.25) is 4.79 Å². The molecule has 1 aromatic heterocycles. The van der Waals surface area contributed by atoms with E-state index in [-0.39, 0.29) is 10.7 Å². The number of nitrogens with one attached hydrogen (secondary N) is 2. The Hall–Kier alpha value is -2.83. The Bertz CT molecular complexity index is 950. The highest BCUT2D eigenvalue weighted by Crippen LogP contribution is 2.30. The van der Waals surface area contributed by atoms with Crippen LogP contribution in [0.1, 0.15) is 10.5 Å². The van der Waals surface area contributed by atoms with Crippen molar-refractivity contribution in [3.8, 4) is 5.75 Å². The number of carbonyl (C=O) groups excluding carboxylic acids is 1. The van der Waals surface area contributed by atoms with Crippen molar-refractivity contribution in [2.45, 2.75) is 0 Å². The first-order valence-corrected chi connectivity index (χ1v) is 8.31. The molecular weight excluding hydrogens is 375 g/mol. The second-order valence-corrected chi connectivity index (χ2v) is 5.95. The van der Waals surface area contributed by atoms with Crippen LogP contribution >= 0.6 is 23.2 Å². The predicted octanol–water partition coefficient (Wildman–Crippen LogP) is 4.79. The first kappa shape index (κ1) is 18.0. The molecule has 8 heteroatoms. The number of ether oxygens (including phenoxy) is 1. The number of amides is 1. The fraction of sp³-hybridized carbons (Fsp3) is 0.0556. The summed E-state index contributed by atoms with van der Waals surface area (Å²) in [7, 11) is 1.58. The van der Waals surface area contributed by atoms with Gasteiger partial charge in [0.05, 0.1) is 28.5 Å². The average molecular weight is 389 g/mol. The molecule has 0 unspecified atom stereocenters. The molecule has 6 nitrogen and oxygen atoms in total. The van der Waals surface area contributed by atoms with Crippen LogP contribution in [0.3, 0.4) is 0 Å². The van der Waals surface area contributed by atoms with E-state index in [0.29, 0.717) is 22.3 Å². The summed E-state index contributed by atoms with van der Waals surface area (Å²) in [6.07, 6.45) is 1.30. The van der Waals surface area contributed by atoms with E-state index in [2.05, 4.69) is 20.6 Å². The van der Waals surface area contributed by atoms with E-state index >= 15 is 0 Å². The number of rotatable bonds is 5. The number of hydrogen-bond donors (Lipinski definition) is 2. The number of methoxy groups -OCH3 is 1. The fourth-order valence-electron chi connectivity index (χ4n) is 2.22. The lowest BCUT2D eigenvalue weighted by Crippen LogP contribution is -2.14. The van der Waals surface area contributed by atoms with Crippen LogP contribution in [0.15, 0.2) is 54.9 Å². The van der Waals surface area contributed by atoms with Gasteiger partial charge in [0.15, 0.2) is 0 Å². The van der Waals surface area contributed by atoms with Gasteiger partial charge >= 0.3 is 0 Å². The third kappa shape index (κ3) is 4.04. The third-order valence-corrected chi connectivity index (χ3v) is 4.29. The molecule has 1 amide bonds. The number of aromatic nitrogens is 2. The molecule has 3 rings (SSSR count). The van der Waals surface area contributed by atoms with E-state index in [4.69, 9.17) is 27.9 Å². The molecule has 2 N–H and O–H groups in total. The van der Waals surface area contributed by atoms with Crippen molar-refractivity contribution in [3.63, 3.8) is 0 Å². The van der Waals surface area contributed by atoms with Gasteiger partial charge in [-0.15, -0.1) is 0 Å². The highest BCUT2D eigenvalue weighted by Gasteiger charge is 2.13. The number of benzene rings is 2. The second kappa shape index (κ2) is 8.03. The number of para-hydroxylation sites is 2. The summed E-state index contributed by atoms with van der Waals surface area (Å²) in [6, 6.07) is 13.9. The van der Waals surface area contributed by atoms with Gasteiger partial charge in [-0.2, -0.15) is 0 Å². The van der Waals surface area contributed by atoms with Gasteiger partial charge in [0.1, 0.15) is 23.6 Å². The van der Waals surface area contributed by atoms with Crippen molar-refractivity contribution >= 4 is 46.3 Å². The molecule has 0 spiro atoms. The SMILES string of the molecule is COc1ccccc1Nc1cc(C(=O)Nc2cccc(Cl)c2Cl)ncn1. The molecule has 26 heavy (non-hydrogen) atoms. The van der Waals surface area contributed by atoms with E-state index < -0.39 is 5.91 Å². The van der Waals surface area contributed by atoms with Crippen LogP contribution in [0, 0.1) is 0 Å². The molecule has 0 aliphatic carbocycles. The number of anilines is 3. The van der Waals surface area contributed by atoms with Crippen molar-refractivity contribution in [1.29, 1.82) is 0 Å². The Kier molecular flexibility index (Phi) is 5.55. The van der Waals surface area contributed by atoms with Gasteiger partial charge in [0, 0.05) is 6.07 Å². The van der Waals surface area contributed by atoms with Crippen LogP contribution in [-0.2, 0) is 0 Å². The number of nitrogens with zero attached hydrogens (tertiary/aromatic N) is 2. The van der Waals surface area contributed by atoms with E-state index in [1.807, 2.05) is 24.3 Å². The smallest absolute Gasteiger partial charge is 0.274 e. The lowest BCUT2D eigenvalue weighted by Gasteiger charge is -2.11. The lowest BCUT2D eigenvalue weighted by molar-refractivity contribution is 0.102. The highest BCUT2D eigenvalue weighted by molar-refractivity contribution is 6.44. The maximum atomic E-state index is 12.4. The number of carbonyl (C=O) groups is 1. The third-order valence-electron chi connectivity index (χ3n) is 3.47. The first-order chi connectivity index (χ1) is 12.6. The van der Waals surface area contributed by atoms with Crippen molar-refractivity contribution in [2.75, 3.05) is 17.7 Å². The lowest BCUT2D eigenvalue weighted by atomic mass is 10.2. The zero-order valence-corrected chi connectivity index (χ0v) is 15.2. The minimum Gasteiger partial charge on any atom is -0.495 e. The molecule has 0 saturated carbocycles. The fourth-order valence-corrected chi connectivity index (χ4v) is 2.57. The van der Waals surface area contributed by atoms with E-state index in [1.165, 1.54) is 12.4 Å². The summed E-state index contributed by atoms with van der Waals surface area (Å²) in [5.74, 6) is 0.675. The van der Waals surface area contributed by atoms with Crippen LogP contribution in [0.5, 0.6) is 5.75 Å². The molecule has 1 heterocycles. The molecule has 0 aliphatic rings. The van der Waals surface area contributed by atoms with Gasteiger partial charge in [-0.1, -0.05) is 41.4 Å². The second-order valence-electron chi connectivity index (χ2n) is 5.17. The summed E-state index contributed by atoms with van der Waals surface area (Å²) in [5, 5.41) is 6.40. The Morgan fingerprint density at radius 3 is 2.62 bits per heavy atom. The zero-order valence-electron chi connectivity index (χ0n) is 13.7. The number of hydrogen-bond acceptors (Lipinski definition) is 5. The van der Waals surface area contributed by atoms with E-state index in [9.17, 15) is 4.79 Å². The molecule has 2 aromatic carbocycles. The van der Waals surface area contributed by atoms with Crippen LogP contribution < -0.4 is 15.4 Å². The summed E-state index contributed by atoms with van der Waals surface area (Å²) < 4.78 is 5.29. The maximum absolute atomic E-state index is 12.4. The molecule has 0 fully saturated rings. The minimum absolute atomic E-state index is 0.174. The summed E-state index contributed by atoms with van der Waals surface area (Å²) >= 11 is 12.0. The molecule has 0 atom stereocenters. The van der Waals surface area contributed by atoms with Crippen molar-refractivity contribution in [3.05, 3.63) is 70.6 Å². The average Bonchev–Trinajstić information content (AvgIpc) is 2.66. The molecule has 0 bridgehead atoms. The molecular formula is C18H14Cl2N4O2. The first-order valence-electron chi connectivity index (χ1n) is 7.56.